The number of rotatable bonds is 4. The zero-order valence-corrected chi connectivity index (χ0v) is 17.1. The van der Waals surface area contributed by atoms with Crippen molar-refractivity contribution >= 4 is 22.8 Å². The minimum Gasteiger partial charge on any atom is -0.494 e. The standard InChI is InChI=1S/C23H24FNO4/c1-13-17(19(22(27)28)23(2,3)4)18-15(11-12-16(29-5)20(18)24)25(13)21(26)14-9-7-6-8-10-14/h6-12,19H,1-5H3,(H,27,28). The summed E-state index contributed by atoms with van der Waals surface area (Å²) in [4.78, 5) is 25.5. The van der Waals surface area contributed by atoms with Crippen molar-refractivity contribution in [1.29, 1.82) is 0 Å². The normalized spacial score (nSPS) is 12.8. The minimum atomic E-state index is -1.07. The maximum absolute atomic E-state index is 15.4. The van der Waals surface area contributed by atoms with Crippen LogP contribution in [0.4, 0.5) is 4.39 Å². The summed E-state index contributed by atoms with van der Waals surface area (Å²) in [5.74, 6) is -3.10. The van der Waals surface area contributed by atoms with Crippen molar-refractivity contribution in [2.24, 2.45) is 5.41 Å². The highest BCUT2D eigenvalue weighted by molar-refractivity contribution is 6.05. The Morgan fingerprint density at radius 1 is 1.10 bits per heavy atom. The SMILES string of the molecule is COc1ccc2c(c1F)c(C(C(=O)O)C(C)(C)C)c(C)n2C(=O)c1ccccc1. The maximum Gasteiger partial charge on any atom is 0.311 e. The molecule has 0 radical (unpaired) electrons. The first kappa shape index (κ1) is 20.6. The lowest BCUT2D eigenvalue weighted by Gasteiger charge is -2.28. The van der Waals surface area contributed by atoms with Crippen LogP contribution in [0.2, 0.25) is 0 Å². The van der Waals surface area contributed by atoms with E-state index in [-0.39, 0.29) is 17.0 Å². The van der Waals surface area contributed by atoms with Gasteiger partial charge in [0.15, 0.2) is 11.6 Å². The molecule has 0 aliphatic rings. The number of carboxylic acid groups (broad SMARTS) is 1. The molecule has 2 aromatic carbocycles. The first-order chi connectivity index (χ1) is 13.6. The van der Waals surface area contributed by atoms with Crippen molar-refractivity contribution in [1.82, 2.24) is 4.57 Å². The summed E-state index contributed by atoms with van der Waals surface area (Å²) in [5, 5.41) is 10.1. The van der Waals surface area contributed by atoms with Crippen molar-refractivity contribution in [3.8, 4) is 5.75 Å². The predicted octanol–water partition coefficient (Wildman–Crippen LogP) is 5.00. The Morgan fingerprint density at radius 3 is 2.24 bits per heavy atom. The molecule has 0 saturated carbocycles. The number of aromatic nitrogens is 1. The molecule has 1 aromatic heterocycles. The lowest BCUT2D eigenvalue weighted by atomic mass is 9.75. The summed E-state index contributed by atoms with van der Waals surface area (Å²) in [6.45, 7) is 7.01. The number of halogens is 1. The van der Waals surface area contributed by atoms with Gasteiger partial charge in [0.1, 0.15) is 0 Å². The van der Waals surface area contributed by atoms with E-state index in [0.29, 0.717) is 22.3 Å². The van der Waals surface area contributed by atoms with Crippen LogP contribution < -0.4 is 4.74 Å². The van der Waals surface area contributed by atoms with Crippen molar-refractivity contribution in [2.75, 3.05) is 7.11 Å². The first-order valence-electron chi connectivity index (χ1n) is 9.29. The number of benzene rings is 2. The van der Waals surface area contributed by atoms with E-state index in [1.54, 1.807) is 64.1 Å². The molecule has 152 valence electrons. The highest BCUT2D eigenvalue weighted by Gasteiger charge is 2.38. The molecule has 0 amide bonds. The molecule has 0 spiro atoms. The van der Waals surface area contributed by atoms with Gasteiger partial charge in [-0.05, 0) is 42.2 Å². The number of methoxy groups -OCH3 is 1. The molecular formula is C23H24FNO4. The van der Waals surface area contributed by atoms with Gasteiger partial charge in [0.25, 0.3) is 5.91 Å². The second kappa shape index (κ2) is 7.35. The molecule has 1 N–H and O–H groups in total. The molecule has 1 atom stereocenters. The Kier molecular flexibility index (Phi) is 5.22. The second-order valence-corrected chi connectivity index (χ2v) is 8.12. The molecule has 5 nitrogen and oxygen atoms in total. The van der Waals surface area contributed by atoms with Gasteiger partial charge in [0, 0.05) is 16.6 Å². The summed E-state index contributed by atoms with van der Waals surface area (Å²) in [7, 11) is 1.35. The van der Waals surface area contributed by atoms with Gasteiger partial charge < -0.3 is 9.84 Å². The number of nitrogens with zero attached hydrogens (tertiary/aromatic N) is 1. The van der Waals surface area contributed by atoms with E-state index in [1.807, 2.05) is 0 Å². The van der Waals surface area contributed by atoms with Crippen LogP contribution in [-0.4, -0.2) is 28.7 Å². The lowest BCUT2D eigenvalue weighted by molar-refractivity contribution is -0.141. The largest absolute Gasteiger partial charge is 0.494 e. The summed E-state index contributed by atoms with van der Waals surface area (Å²) < 4.78 is 21.9. The van der Waals surface area contributed by atoms with Gasteiger partial charge in [-0.1, -0.05) is 39.0 Å². The van der Waals surface area contributed by atoms with Gasteiger partial charge in [-0.25, -0.2) is 4.39 Å². The Bertz CT molecular complexity index is 1090. The van der Waals surface area contributed by atoms with Crippen LogP contribution in [0.15, 0.2) is 42.5 Å². The Morgan fingerprint density at radius 2 is 1.72 bits per heavy atom. The Balaban J connectivity index is 2.44. The average molecular weight is 397 g/mol. The summed E-state index contributed by atoms with van der Waals surface area (Å²) in [5.41, 5.74) is 0.739. The molecular weight excluding hydrogens is 373 g/mol. The molecule has 6 heteroatoms. The van der Waals surface area contributed by atoms with Gasteiger partial charge >= 0.3 is 5.97 Å². The van der Waals surface area contributed by atoms with Gasteiger partial charge in [-0.2, -0.15) is 0 Å². The number of ether oxygens (including phenoxy) is 1. The molecule has 0 bridgehead atoms. The van der Waals surface area contributed by atoms with E-state index in [2.05, 4.69) is 0 Å². The zero-order valence-electron chi connectivity index (χ0n) is 17.1. The Labute approximate surface area is 168 Å². The lowest BCUT2D eigenvalue weighted by Crippen LogP contribution is -2.27. The molecule has 0 aliphatic heterocycles. The van der Waals surface area contributed by atoms with Crippen molar-refractivity contribution in [2.45, 2.75) is 33.6 Å². The number of hydrogen-bond acceptors (Lipinski definition) is 3. The molecule has 3 aromatic rings. The third-order valence-electron chi connectivity index (χ3n) is 5.17. The van der Waals surface area contributed by atoms with E-state index in [9.17, 15) is 14.7 Å². The Hall–Kier alpha value is -3.15. The van der Waals surface area contributed by atoms with Gasteiger partial charge in [-0.3, -0.25) is 14.2 Å². The van der Waals surface area contributed by atoms with E-state index in [0.717, 1.165) is 0 Å². The highest BCUT2D eigenvalue weighted by Crippen LogP contribution is 2.44. The van der Waals surface area contributed by atoms with Gasteiger partial charge in [0.05, 0.1) is 18.5 Å². The van der Waals surface area contributed by atoms with Crippen LogP contribution in [0.3, 0.4) is 0 Å². The number of carbonyl (C=O) groups excluding carboxylic acids is 1. The quantitative estimate of drug-likeness (QED) is 0.673. The molecule has 1 heterocycles. The van der Waals surface area contributed by atoms with Crippen LogP contribution >= 0.6 is 0 Å². The third-order valence-corrected chi connectivity index (χ3v) is 5.17. The molecule has 0 fully saturated rings. The fraction of sp³-hybridized carbons (Fsp3) is 0.304. The molecule has 3 rings (SSSR count). The van der Waals surface area contributed by atoms with E-state index in [1.165, 1.54) is 17.7 Å². The molecule has 0 aliphatic carbocycles. The van der Waals surface area contributed by atoms with E-state index >= 15 is 4.39 Å². The summed E-state index contributed by atoms with van der Waals surface area (Å²) >= 11 is 0. The van der Waals surface area contributed by atoms with E-state index in [4.69, 9.17) is 4.74 Å². The number of fused-ring (bicyclic) bond motifs is 1. The van der Waals surface area contributed by atoms with E-state index < -0.39 is 23.1 Å². The maximum atomic E-state index is 15.4. The number of carboxylic acids is 1. The average Bonchev–Trinajstić information content (AvgIpc) is 2.94. The third kappa shape index (κ3) is 3.39. The van der Waals surface area contributed by atoms with Gasteiger partial charge in [0.2, 0.25) is 0 Å². The van der Waals surface area contributed by atoms with Crippen molar-refractivity contribution in [3.05, 3.63) is 65.1 Å². The van der Waals surface area contributed by atoms with Crippen molar-refractivity contribution < 1.29 is 23.8 Å². The zero-order chi connectivity index (χ0) is 21.5. The molecule has 29 heavy (non-hydrogen) atoms. The summed E-state index contributed by atoms with van der Waals surface area (Å²) in [6, 6.07) is 11.7. The minimum absolute atomic E-state index is 0.00103. The number of carbonyl (C=O) groups is 2. The molecule has 0 saturated heterocycles. The van der Waals surface area contributed by atoms with Crippen molar-refractivity contribution in [3.63, 3.8) is 0 Å². The van der Waals surface area contributed by atoms with Crippen LogP contribution in [0.25, 0.3) is 10.9 Å². The fourth-order valence-corrected chi connectivity index (χ4v) is 3.88. The van der Waals surface area contributed by atoms with Crippen LogP contribution in [-0.2, 0) is 4.79 Å². The second-order valence-electron chi connectivity index (χ2n) is 8.12. The van der Waals surface area contributed by atoms with Crippen LogP contribution in [0.5, 0.6) is 5.75 Å². The topological polar surface area (TPSA) is 68.5 Å². The monoisotopic (exact) mass is 397 g/mol. The first-order valence-corrected chi connectivity index (χ1v) is 9.29. The fourth-order valence-electron chi connectivity index (χ4n) is 3.88. The van der Waals surface area contributed by atoms with Crippen LogP contribution in [0.1, 0.15) is 48.3 Å². The highest BCUT2D eigenvalue weighted by atomic mass is 19.1. The number of aliphatic carboxylic acids is 1. The van der Waals surface area contributed by atoms with Crippen LogP contribution in [0, 0.1) is 18.2 Å². The number of hydrogen-bond donors (Lipinski definition) is 1. The smallest absolute Gasteiger partial charge is 0.311 e. The summed E-state index contributed by atoms with van der Waals surface area (Å²) in [6.07, 6.45) is 0. The van der Waals surface area contributed by atoms with Gasteiger partial charge in [-0.15, -0.1) is 0 Å². The predicted molar refractivity (Wildman–Crippen MR) is 109 cm³/mol. The molecule has 1 unspecified atom stereocenters.